The molecule has 7 nitrogen and oxygen atoms in total. The number of ether oxygens (including phenoxy) is 1. The normalized spacial score (nSPS) is 11.6. The van der Waals surface area contributed by atoms with Crippen molar-refractivity contribution in [3.63, 3.8) is 0 Å². The van der Waals surface area contributed by atoms with Gasteiger partial charge in [0.05, 0.1) is 30.7 Å². The second kappa shape index (κ2) is 8.35. The molecule has 4 rings (SSSR count). The van der Waals surface area contributed by atoms with Gasteiger partial charge in [0.25, 0.3) is 0 Å². The van der Waals surface area contributed by atoms with E-state index < -0.39 is 0 Å². The molecule has 144 valence electrons. The fourth-order valence-electron chi connectivity index (χ4n) is 3.24. The number of pyridine rings is 4. The lowest BCUT2D eigenvalue weighted by molar-refractivity contribution is 0.397. The Labute approximate surface area is 168 Å². The summed E-state index contributed by atoms with van der Waals surface area (Å²) in [6.45, 7) is 0. The number of methoxy groups -OCH3 is 1. The number of nitrogens with two attached hydrogens (primary N) is 1. The highest BCUT2D eigenvalue weighted by atomic mass is 16.5. The summed E-state index contributed by atoms with van der Waals surface area (Å²) in [5.74, 6) is 0.972. The number of hydrogen-bond acceptors (Lipinski definition) is 7. The van der Waals surface area contributed by atoms with E-state index in [1.54, 1.807) is 38.1 Å². The number of anilines is 3. The van der Waals surface area contributed by atoms with Gasteiger partial charge in [0.2, 0.25) is 5.88 Å². The third kappa shape index (κ3) is 3.84. The summed E-state index contributed by atoms with van der Waals surface area (Å²) in [6, 6.07) is 15.2. The fraction of sp³-hybridized carbons (Fsp3) is 0.0909. The van der Waals surface area contributed by atoms with Gasteiger partial charge in [0, 0.05) is 37.1 Å². The van der Waals surface area contributed by atoms with Gasteiger partial charge in [-0.15, -0.1) is 0 Å². The summed E-state index contributed by atoms with van der Waals surface area (Å²) in [5.41, 5.74) is 9.84. The van der Waals surface area contributed by atoms with E-state index in [1.807, 2.05) is 54.7 Å². The van der Waals surface area contributed by atoms with Gasteiger partial charge < -0.3 is 15.4 Å². The zero-order chi connectivity index (χ0) is 20.1. The molecule has 0 radical (unpaired) electrons. The maximum Gasteiger partial charge on any atom is 0.212 e. The molecule has 0 aliphatic carbocycles. The highest BCUT2D eigenvalue weighted by Crippen LogP contribution is 2.40. The Hall–Kier alpha value is -4.00. The minimum atomic E-state index is -0.252. The van der Waals surface area contributed by atoms with Crippen LogP contribution in [0.2, 0.25) is 0 Å². The first-order chi connectivity index (χ1) is 14.3. The molecular formula is C22H20N6O. The third-order valence-corrected chi connectivity index (χ3v) is 4.54. The quantitative estimate of drug-likeness (QED) is 0.541. The third-order valence-electron chi connectivity index (χ3n) is 4.54. The van der Waals surface area contributed by atoms with Crippen molar-refractivity contribution >= 4 is 17.2 Å². The van der Waals surface area contributed by atoms with Gasteiger partial charge in [-0.25, -0.2) is 9.97 Å². The van der Waals surface area contributed by atoms with Gasteiger partial charge >= 0.3 is 0 Å². The Balaban J connectivity index is 1.94. The molecule has 0 fully saturated rings. The molecule has 0 aliphatic heterocycles. The standard InChI is InChI=1S/C22H20N6O/c1-29-20-9-8-17(14-27-20)21(16-5-2-10-24-13-16)28(18-6-3-11-25-15-18)19-7-4-12-26-22(19)23/h2-15,21H,1H3,(H2,23,26). The highest BCUT2D eigenvalue weighted by molar-refractivity contribution is 5.74. The minimum absolute atomic E-state index is 0.252. The monoisotopic (exact) mass is 384 g/mol. The Kier molecular flexibility index (Phi) is 5.29. The topological polar surface area (TPSA) is 90.0 Å². The molecule has 0 aliphatic rings. The van der Waals surface area contributed by atoms with Crippen LogP contribution in [0.15, 0.2) is 85.7 Å². The Morgan fingerprint density at radius 3 is 2.21 bits per heavy atom. The van der Waals surface area contributed by atoms with Crippen molar-refractivity contribution in [2.75, 3.05) is 17.7 Å². The van der Waals surface area contributed by atoms with E-state index in [0.717, 1.165) is 22.5 Å². The van der Waals surface area contributed by atoms with E-state index in [9.17, 15) is 0 Å². The zero-order valence-electron chi connectivity index (χ0n) is 15.9. The van der Waals surface area contributed by atoms with Crippen molar-refractivity contribution < 1.29 is 4.74 Å². The zero-order valence-corrected chi connectivity index (χ0v) is 15.9. The summed E-state index contributed by atoms with van der Waals surface area (Å²) >= 11 is 0. The van der Waals surface area contributed by atoms with E-state index in [1.165, 1.54) is 0 Å². The molecule has 4 aromatic heterocycles. The summed E-state index contributed by atoms with van der Waals surface area (Å²) in [6.07, 6.45) is 10.6. The predicted molar refractivity (Wildman–Crippen MR) is 112 cm³/mol. The molecule has 0 amide bonds. The van der Waals surface area contributed by atoms with Crippen molar-refractivity contribution in [2.45, 2.75) is 6.04 Å². The first kappa shape index (κ1) is 18.4. The lowest BCUT2D eigenvalue weighted by Gasteiger charge is -2.34. The SMILES string of the molecule is COc1ccc(C(c2cccnc2)N(c2cccnc2)c2cccnc2N)cn1. The molecular weight excluding hydrogens is 364 g/mol. The largest absolute Gasteiger partial charge is 0.481 e. The van der Waals surface area contributed by atoms with Gasteiger partial charge in [0.15, 0.2) is 0 Å². The first-order valence-corrected chi connectivity index (χ1v) is 9.07. The van der Waals surface area contributed by atoms with Crippen LogP contribution in [0.4, 0.5) is 17.2 Å². The summed E-state index contributed by atoms with van der Waals surface area (Å²) in [7, 11) is 1.60. The van der Waals surface area contributed by atoms with Crippen molar-refractivity contribution in [2.24, 2.45) is 0 Å². The number of nitrogen functional groups attached to an aromatic ring is 1. The fourth-order valence-corrected chi connectivity index (χ4v) is 3.24. The summed E-state index contributed by atoms with van der Waals surface area (Å²) in [5, 5.41) is 0. The van der Waals surface area contributed by atoms with E-state index in [0.29, 0.717) is 11.7 Å². The molecule has 0 spiro atoms. The van der Waals surface area contributed by atoms with Crippen LogP contribution in [0, 0.1) is 0 Å². The minimum Gasteiger partial charge on any atom is -0.481 e. The lowest BCUT2D eigenvalue weighted by atomic mass is 9.98. The molecule has 1 atom stereocenters. The molecule has 1 unspecified atom stereocenters. The van der Waals surface area contributed by atoms with E-state index in [4.69, 9.17) is 10.5 Å². The smallest absolute Gasteiger partial charge is 0.212 e. The van der Waals surface area contributed by atoms with E-state index in [-0.39, 0.29) is 6.04 Å². The molecule has 2 N–H and O–H groups in total. The Bertz CT molecular complexity index is 1060. The van der Waals surface area contributed by atoms with E-state index >= 15 is 0 Å². The molecule has 4 heterocycles. The molecule has 0 saturated heterocycles. The van der Waals surface area contributed by atoms with Gasteiger partial charge in [-0.2, -0.15) is 0 Å². The van der Waals surface area contributed by atoms with Crippen LogP contribution < -0.4 is 15.4 Å². The molecule has 4 aromatic rings. The summed E-state index contributed by atoms with van der Waals surface area (Å²) < 4.78 is 5.23. The molecule has 0 aromatic carbocycles. The van der Waals surface area contributed by atoms with Crippen molar-refractivity contribution in [3.8, 4) is 5.88 Å². The predicted octanol–water partition coefficient (Wildman–Crippen LogP) is 3.79. The van der Waals surface area contributed by atoms with Gasteiger partial charge in [-0.1, -0.05) is 6.07 Å². The molecule has 29 heavy (non-hydrogen) atoms. The molecule has 7 heteroatoms. The number of rotatable bonds is 6. The van der Waals surface area contributed by atoms with Crippen LogP contribution in [0.5, 0.6) is 5.88 Å². The average Bonchev–Trinajstić information content (AvgIpc) is 2.79. The van der Waals surface area contributed by atoms with Crippen LogP contribution >= 0.6 is 0 Å². The lowest BCUT2D eigenvalue weighted by Crippen LogP contribution is -2.26. The number of nitrogens with zero attached hydrogens (tertiary/aromatic N) is 5. The van der Waals surface area contributed by atoms with E-state index in [2.05, 4.69) is 24.8 Å². The van der Waals surface area contributed by atoms with Gasteiger partial charge in [0.1, 0.15) is 5.82 Å². The maximum atomic E-state index is 6.27. The van der Waals surface area contributed by atoms with Crippen LogP contribution in [-0.2, 0) is 0 Å². The highest BCUT2D eigenvalue weighted by Gasteiger charge is 2.27. The van der Waals surface area contributed by atoms with Crippen molar-refractivity contribution in [1.82, 2.24) is 19.9 Å². The van der Waals surface area contributed by atoms with Gasteiger partial charge in [-0.05, 0) is 47.5 Å². The van der Waals surface area contributed by atoms with Gasteiger partial charge in [-0.3, -0.25) is 9.97 Å². The van der Waals surface area contributed by atoms with Crippen LogP contribution in [0.25, 0.3) is 0 Å². The second-order valence-corrected chi connectivity index (χ2v) is 6.31. The van der Waals surface area contributed by atoms with Crippen LogP contribution in [0.3, 0.4) is 0 Å². The summed E-state index contributed by atoms with van der Waals surface area (Å²) in [4.78, 5) is 19.4. The Morgan fingerprint density at radius 2 is 1.59 bits per heavy atom. The number of hydrogen-bond donors (Lipinski definition) is 1. The average molecular weight is 384 g/mol. The van der Waals surface area contributed by atoms with Crippen molar-refractivity contribution in [3.05, 3.63) is 96.8 Å². The molecule has 0 bridgehead atoms. The molecule has 0 saturated carbocycles. The second-order valence-electron chi connectivity index (χ2n) is 6.31. The van der Waals surface area contributed by atoms with Crippen LogP contribution in [-0.4, -0.2) is 27.0 Å². The Morgan fingerprint density at radius 1 is 0.828 bits per heavy atom. The van der Waals surface area contributed by atoms with Crippen LogP contribution in [0.1, 0.15) is 17.2 Å². The van der Waals surface area contributed by atoms with Crippen molar-refractivity contribution in [1.29, 1.82) is 0 Å². The number of aromatic nitrogens is 4. The first-order valence-electron chi connectivity index (χ1n) is 9.07. The maximum absolute atomic E-state index is 6.27.